The van der Waals surface area contributed by atoms with Crippen LogP contribution in [0, 0.1) is 5.92 Å². The fraction of sp³-hybridized carbons (Fsp3) is 0.667. The minimum atomic E-state index is -1.68. The van der Waals surface area contributed by atoms with Gasteiger partial charge in [-0.2, -0.15) is 0 Å². The highest BCUT2D eigenvalue weighted by atomic mass is 31.1. The second kappa shape index (κ2) is 3.74. The lowest BCUT2D eigenvalue weighted by Crippen LogP contribution is -2.40. The number of cyclic esters (lactones) is 2. The molecule has 1 unspecified atom stereocenters. The predicted octanol–water partition coefficient (Wildman–Crippen LogP) is -0.147. The van der Waals surface area contributed by atoms with Gasteiger partial charge in [-0.1, -0.05) is 4.57 Å². The summed E-state index contributed by atoms with van der Waals surface area (Å²) in [5.41, 5.74) is 0. The fourth-order valence-electron chi connectivity index (χ4n) is 0.859. The Labute approximate surface area is 69.5 Å². The van der Waals surface area contributed by atoms with E-state index >= 15 is 0 Å². The lowest BCUT2D eigenvalue weighted by molar-refractivity contribution is -0.183. The zero-order valence-corrected chi connectivity index (χ0v) is 7.12. The Morgan fingerprint density at radius 2 is 2.00 bits per heavy atom. The molecule has 0 aromatic carbocycles. The van der Waals surface area contributed by atoms with Crippen LogP contribution in [0.25, 0.3) is 0 Å². The van der Waals surface area contributed by atoms with Crippen LogP contribution in [0.5, 0.6) is 0 Å². The van der Waals surface area contributed by atoms with E-state index in [4.69, 9.17) is 5.11 Å². The molecule has 66 valence electrons. The molecule has 1 heterocycles. The summed E-state index contributed by atoms with van der Waals surface area (Å²) in [5.74, 6) is -1.85. The van der Waals surface area contributed by atoms with Crippen LogP contribution in [0.3, 0.4) is 0 Å². The van der Waals surface area contributed by atoms with Crippen molar-refractivity contribution in [1.29, 1.82) is 0 Å². The van der Waals surface area contributed by atoms with Crippen LogP contribution in [-0.4, -0.2) is 29.6 Å². The molecule has 0 aliphatic carbocycles. The summed E-state index contributed by atoms with van der Waals surface area (Å²) >= 11 is 0. The van der Waals surface area contributed by atoms with Gasteiger partial charge in [0.25, 0.3) is 0 Å². The first kappa shape index (κ1) is 9.29. The van der Waals surface area contributed by atoms with Crippen molar-refractivity contribution in [2.45, 2.75) is 6.42 Å². The molecule has 1 atom stereocenters. The van der Waals surface area contributed by atoms with Gasteiger partial charge in [0.05, 0.1) is 0 Å². The monoisotopic (exact) mass is 191 g/mol. The van der Waals surface area contributed by atoms with E-state index in [1.807, 2.05) is 0 Å². The molecule has 1 aliphatic rings. The Hall–Kier alpha value is -0.800. The van der Waals surface area contributed by atoms with Crippen molar-refractivity contribution < 1.29 is 24.0 Å². The van der Waals surface area contributed by atoms with Gasteiger partial charge in [0.1, 0.15) is 6.16 Å². The third-order valence-electron chi connectivity index (χ3n) is 1.60. The van der Waals surface area contributed by atoms with Gasteiger partial charge in [-0.3, -0.25) is 9.59 Å². The van der Waals surface area contributed by atoms with E-state index < -0.39 is 32.0 Å². The fourth-order valence-corrected chi connectivity index (χ4v) is 1.55. The van der Waals surface area contributed by atoms with Gasteiger partial charge in [-0.05, 0) is 0 Å². The molecule has 1 aliphatic heterocycles. The SMILES string of the molecule is O=C1OC(=O)C1CC[P+](=O)CO. The van der Waals surface area contributed by atoms with Crippen LogP contribution in [-0.2, 0) is 18.9 Å². The molecule has 0 aromatic rings. The zero-order chi connectivity index (χ0) is 9.14. The average molecular weight is 191 g/mol. The van der Waals surface area contributed by atoms with E-state index in [0.29, 0.717) is 0 Å². The lowest BCUT2D eigenvalue weighted by atomic mass is 10.0. The van der Waals surface area contributed by atoms with Crippen molar-refractivity contribution >= 4 is 19.7 Å². The lowest BCUT2D eigenvalue weighted by Gasteiger charge is -2.19. The highest BCUT2D eigenvalue weighted by Gasteiger charge is 2.42. The summed E-state index contributed by atoms with van der Waals surface area (Å²) in [7, 11) is -1.68. The number of aliphatic hydroxyl groups excluding tert-OH is 1. The van der Waals surface area contributed by atoms with Crippen molar-refractivity contribution in [1.82, 2.24) is 0 Å². The summed E-state index contributed by atoms with van der Waals surface area (Å²) in [6, 6.07) is 0. The van der Waals surface area contributed by atoms with Crippen molar-refractivity contribution in [3.8, 4) is 0 Å². The Morgan fingerprint density at radius 3 is 2.42 bits per heavy atom. The average Bonchev–Trinajstić information content (AvgIpc) is 2.04. The maximum atomic E-state index is 10.7. The van der Waals surface area contributed by atoms with Crippen LogP contribution < -0.4 is 0 Å². The highest BCUT2D eigenvalue weighted by molar-refractivity contribution is 7.44. The summed E-state index contributed by atoms with van der Waals surface area (Å²) < 4.78 is 14.8. The number of aliphatic hydroxyl groups is 1. The molecule has 6 heteroatoms. The molecular weight excluding hydrogens is 183 g/mol. The van der Waals surface area contributed by atoms with E-state index in [1.165, 1.54) is 0 Å². The zero-order valence-electron chi connectivity index (χ0n) is 6.23. The number of esters is 2. The summed E-state index contributed by atoms with van der Waals surface area (Å²) in [6.45, 7) is 0. The van der Waals surface area contributed by atoms with Crippen molar-refractivity contribution in [3.05, 3.63) is 0 Å². The summed E-state index contributed by atoms with van der Waals surface area (Å²) in [4.78, 5) is 21.1. The minimum absolute atomic E-state index is 0.192. The second-order valence-electron chi connectivity index (χ2n) is 2.43. The normalized spacial score (nSPS) is 18.6. The largest absolute Gasteiger partial charge is 0.392 e. The summed E-state index contributed by atoms with van der Waals surface area (Å²) in [5, 5.41) is 8.39. The highest BCUT2D eigenvalue weighted by Crippen LogP contribution is 2.26. The van der Waals surface area contributed by atoms with Crippen LogP contribution >= 0.6 is 7.80 Å². The number of ether oxygens (including phenoxy) is 1. The molecule has 0 aromatic heterocycles. The Morgan fingerprint density at radius 1 is 1.42 bits per heavy atom. The van der Waals surface area contributed by atoms with Gasteiger partial charge in [0.15, 0.2) is 5.92 Å². The Bertz CT molecular complexity index is 222. The van der Waals surface area contributed by atoms with Gasteiger partial charge >= 0.3 is 19.7 Å². The van der Waals surface area contributed by atoms with E-state index in [0.717, 1.165) is 0 Å². The maximum Gasteiger partial charge on any atom is 0.366 e. The standard InChI is InChI=1S/C6H8O5P/c7-3-12(10)2-1-4-5(8)11-6(4)9/h4,7H,1-3H2/q+1. The Kier molecular flexibility index (Phi) is 2.89. The van der Waals surface area contributed by atoms with Crippen LogP contribution in [0.2, 0.25) is 0 Å². The molecule has 1 rings (SSSR count). The number of hydrogen-bond acceptors (Lipinski definition) is 5. The van der Waals surface area contributed by atoms with Gasteiger partial charge in [-0.25, -0.2) is 0 Å². The third-order valence-corrected chi connectivity index (χ3v) is 2.67. The first-order chi connectivity index (χ1) is 5.65. The topological polar surface area (TPSA) is 80.7 Å². The Balaban J connectivity index is 2.27. The maximum absolute atomic E-state index is 10.7. The van der Waals surface area contributed by atoms with E-state index in [2.05, 4.69) is 4.74 Å². The molecule has 1 fully saturated rings. The number of carbonyl (C=O) groups excluding carboxylic acids is 2. The molecule has 1 saturated heterocycles. The molecule has 12 heavy (non-hydrogen) atoms. The van der Waals surface area contributed by atoms with Crippen LogP contribution in [0.15, 0.2) is 0 Å². The summed E-state index contributed by atoms with van der Waals surface area (Å²) in [6.07, 6.45) is 0.00998. The number of hydrogen-bond donors (Lipinski definition) is 1. The predicted molar refractivity (Wildman–Crippen MR) is 38.8 cm³/mol. The van der Waals surface area contributed by atoms with Crippen molar-refractivity contribution in [2.24, 2.45) is 5.92 Å². The quantitative estimate of drug-likeness (QED) is 0.379. The first-order valence-corrected chi connectivity index (χ1v) is 5.06. The first-order valence-electron chi connectivity index (χ1n) is 3.43. The van der Waals surface area contributed by atoms with Crippen molar-refractivity contribution in [3.63, 3.8) is 0 Å². The minimum Gasteiger partial charge on any atom is -0.392 e. The van der Waals surface area contributed by atoms with E-state index in [-0.39, 0.29) is 12.6 Å². The molecular formula is C6H8O5P+. The molecule has 0 amide bonds. The van der Waals surface area contributed by atoms with Crippen LogP contribution in [0.1, 0.15) is 6.42 Å². The van der Waals surface area contributed by atoms with Gasteiger partial charge in [-0.15, -0.1) is 0 Å². The molecule has 0 spiro atoms. The molecule has 0 bridgehead atoms. The van der Waals surface area contributed by atoms with Crippen molar-refractivity contribution in [2.75, 3.05) is 12.5 Å². The molecule has 0 radical (unpaired) electrons. The number of carbonyl (C=O) groups is 2. The second-order valence-corrected chi connectivity index (χ2v) is 4.12. The van der Waals surface area contributed by atoms with Gasteiger partial charge in [0.2, 0.25) is 6.35 Å². The number of rotatable bonds is 4. The third kappa shape index (κ3) is 1.87. The van der Waals surface area contributed by atoms with Crippen LogP contribution in [0.4, 0.5) is 0 Å². The molecule has 5 nitrogen and oxygen atoms in total. The molecule has 1 N–H and O–H groups in total. The van der Waals surface area contributed by atoms with E-state index in [9.17, 15) is 14.2 Å². The van der Waals surface area contributed by atoms with Gasteiger partial charge in [0, 0.05) is 6.42 Å². The molecule has 0 saturated carbocycles. The smallest absolute Gasteiger partial charge is 0.366 e. The van der Waals surface area contributed by atoms with Gasteiger partial charge < -0.3 is 9.84 Å². The van der Waals surface area contributed by atoms with E-state index in [1.54, 1.807) is 0 Å².